The molecule has 2 rings (SSSR count). The van der Waals surface area contributed by atoms with E-state index in [9.17, 15) is 0 Å². The van der Waals surface area contributed by atoms with E-state index in [0.29, 0.717) is 4.64 Å². The molecule has 0 atom stereocenters. The van der Waals surface area contributed by atoms with Gasteiger partial charge >= 0.3 is 0 Å². The van der Waals surface area contributed by atoms with E-state index in [1.54, 1.807) is 11.3 Å². The summed E-state index contributed by atoms with van der Waals surface area (Å²) in [4.78, 5) is 8.84. The number of hydrogen-bond acceptors (Lipinski definition) is 3. The lowest BCUT2D eigenvalue weighted by Gasteiger charge is -2.19. The van der Waals surface area contributed by atoms with Crippen LogP contribution < -0.4 is 0 Å². The molecule has 0 aliphatic carbocycles. The Kier molecular flexibility index (Phi) is 3.52. The van der Waals surface area contributed by atoms with Crippen LogP contribution in [0, 0.1) is 4.64 Å². The summed E-state index contributed by atoms with van der Waals surface area (Å²) in [5.41, 5.74) is 1.15. The van der Waals surface area contributed by atoms with E-state index in [0.717, 1.165) is 20.9 Å². The van der Waals surface area contributed by atoms with Crippen LogP contribution in [0.4, 0.5) is 0 Å². The third-order valence-corrected chi connectivity index (χ3v) is 4.26. The third kappa shape index (κ3) is 3.03. The van der Waals surface area contributed by atoms with E-state index in [-0.39, 0.29) is 5.41 Å². The lowest BCUT2D eigenvalue weighted by molar-refractivity contribution is 0.567. The smallest absolute Gasteiger partial charge is 0.149 e. The van der Waals surface area contributed by atoms with Crippen molar-refractivity contribution in [1.82, 2.24) is 9.97 Å². The van der Waals surface area contributed by atoms with E-state index in [4.69, 9.17) is 12.2 Å². The standard InChI is InChI=1S/C12H13BrN2S2/c1-12(2,3)9-5-10(16)15-11(14-9)8-4-7(13)6-17-8/h4-6H,1-3H3,(H,14,15,16). The highest BCUT2D eigenvalue weighted by Gasteiger charge is 2.16. The van der Waals surface area contributed by atoms with Gasteiger partial charge in [-0.25, -0.2) is 4.98 Å². The fourth-order valence-electron chi connectivity index (χ4n) is 1.42. The van der Waals surface area contributed by atoms with Gasteiger partial charge in [-0.3, -0.25) is 0 Å². The molecule has 0 saturated carbocycles. The number of hydrogen-bond donors (Lipinski definition) is 1. The normalized spacial score (nSPS) is 11.8. The fraction of sp³-hybridized carbons (Fsp3) is 0.333. The van der Waals surface area contributed by atoms with E-state index >= 15 is 0 Å². The van der Waals surface area contributed by atoms with Gasteiger partial charge in [0.05, 0.1) is 4.88 Å². The van der Waals surface area contributed by atoms with Crippen molar-refractivity contribution in [2.75, 3.05) is 0 Å². The molecule has 0 saturated heterocycles. The van der Waals surface area contributed by atoms with E-state index in [1.807, 2.05) is 17.5 Å². The van der Waals surface area contributed by atoms with Gasteiger partial charge in [-0.2, -0.15) is 0 Å². The Bertz CT molecular complexity index is 593. The Labute approximate surface area is 118 Å². The second-order valence-corrected chi connectivity index (χ2v) is 7.11. The third-order valence-electron chi connectivity index (χ3n) is 2.35. The van der Waals surface area contributed by atoms with Crippen molar-refractivity contribution in [3.8, 4) is 10.7 Å². The van der Waals surface area contributed by atoms with E-state index in [1.165, 1.54) is 0 Å². The van der Waals surface area contributed by atoms with Gasteiger partial charge < -0.3 is 4.98 Å². The lowest BCUT2D eigenvalue weighted by Crippen LogP contribution is -2.14. The SMILES string of the molecule is CC(C)(C)c1cc(=S)nc(-c2cc(Br)cs2)[nH]1. The molecule has 0 aliphatic rings. The van der Waals surface area contributed by atoms with Crippen LogP contribution in [0.3, 0.4) is 0 Å². The van der Waals surface area contributed by atoms with Gasteiger partial charge in [-0.15, -0.1) is 11.3 Å². The molecule has 2 heterocycles. The number of aromatic nitrogens is 2. The predicted octanol–water partition coefficient (Wildman–Crippen LogP) is 4.93. The van der Waals surface area contributed by atoms with E-state index in [2.05, 4.69) is 46.7 Å². The number of halogens is 1. The molecular weight excluding hydrogens is 316 g/mol. The van der Waals surface area contributed by atoms with Crippen molar-refractivity contribution in [2.24, 2.45) is 0 Å². The first kappa shape index (κ1) is 12.9. The quantitative estimate of drug-likeness (QED) is 0.752. The second kappa shape index (κ2) is 4.63. The monoisotopic (exact) mass is 328 g/mol. The summed E-state index contributed by atoms with van der Waals surface area (Å²) in [7, 11) is 0. The van der Waals surface area contributed by atoms with Crippen LogP contribution in [0.5, 0.6) is 0 Å². The van der Waals surface area contributed by atoms with Crippen molar-refractivity contribution in [2.45, 2.75) is 26.2 Å². The molecule has 0 bridgehead atoms. The summed E-state index contributed by atoms with van der Waals surface area (Å²) in [5, 5.41) is 2.04. The molecule has 0 amide bonds. The van der Waals surface area contributed by atoms with Crippen LogP contribution in [0.25, 0.3) is 10.7 Å². The van der Waals surface area contributed by atoms with Crippen LogP contribution in [0.1, 0.15) is 26.5 Å². The van der Waals surface area contributed by atoms with Crippen molar-refractivity contribution in [3.63, 3.8) is 0 Å². The van der Waals surface area contributed by atoms with Gasteiger partial charge in [0.1, 0.15) is 10.5 Å². The number of aromatic amines is 1. The summed E-state index contributed by atoms with van der Waals surface area (Å²) in [6.07, 6.45) is 0. The van der Waals surface area contributed by atoms with Crippen LogP contribution in [-0.4, -0.2) is 9.97 Å². The van der Waals surface area contributed by atoms with Crippen LogP contribution >= 0.6 is 39.5 Å². The molecular formula is C12H13BrN2S2. The van der Waals surface area contributed by atoms with Gasteiger partial charge in [-0.1, -0.05) is 33.0 Å². The van der Waals surface area contributed by atoms with Gasteiger partial charge in [0.15, 0.2) is 0 Å². The molecule has 0 fully saturated rings. The zero-order chi connectivity index (χ0) is 12.6. The largest absolute Gasteiger partial charge is 0.342 e. The van der Waals surface area contributed by atoms with Crippen molar-refractivity contribution >= 4 is 39.5 Å². The molecule has 0 aromatic carbocycles. The van der Waals surface area contributed by atoms with Gasteiger partial charge in [0.2, 0.25) is 0 Å². The molecule has 0 unspecified atom stereocenters. The van der Waals surface area contributed by atoms with Crippen LogP contribution in [-0.2, 0) is 5.41 Å². The number of nitrogens with zero attached hydrogens (tertiary/aromatic N) is 1. The van der Waals surface area contributed by atoms with E-state index < -0.39 is 0 Å². The minimum atomic E-state index is 0.0414. The molecule has 2 nitrogen and oxygen atoms in total. The zero-order valence-corrected chi connectivity index (χ0v) is 13.1. The minimum absolute atomic E-state index is 0.0414. The highest BCUT2D eigenvalue weighted by molar-refractivity contribution is 9.10. The minimum Gasteiger partial charge on any atom is -0.342 e. The fourth-order valence-corrected chi connectivity index (χ4v) is 3.00. The summed E-state index contributed by atoms with van der Waals surface area (Å²) in [5.74, 6) is 0.845. The molecule has 90 valence electrons. The Balaban J connectivity index is 2.57. The summed E-state index contributed by atoms with van der Waals surface area (Å²) in [6, 6.07) is 3.98. The van der Waals surface area contributed by atoms with Crippen LogP contribution in [0.15, 0.2) is 22.0 Å². The van der Waals surface area contributed by atoms with Crippen LogP contribution in [0.2, 0.25) is 0 Å². The van der Waals surface area contributed by atoms with Gasteiger partial charge in [0, 0.05) is 21.0 Å². The predicted molar refractivity (Wildman–Crippen MR) is 79.1 cm³/mol. The van der Waals surface area contributed by atoms with Gasteiger partial charge in [0.25, 0.3) is 0 Å². The molecule has 2 aromatic rings. The molecule has 5 heteroatoms. The Morgan fingerprint density at radius 1 is 1.35 bits per heavy atom. The topological polar surface area (TPSA) is 28.7 Å². The first-order valence-electron chi connectivity index (χ1n) is 5.22. The first-order chi connectivity index (χ1) is 7.86. The Morgan fingerprint density at radius 2 is 2.06 bits per heavy atom. The Hall–Kier alpha value is -0.520. The van der Waals surface area contributed by atoms with Crippen molar-refractivity contribution in [3.05, 3.63) is 32.3 Å². The summed E-state index contributed by atoms with van der Waals surface area (Å²) in [6.45, 7) is 6.46. The molecule has 2 aromatic heterocycles. The second-order valence-electron chi connectivity index (χ2n) is 4.86. The maximum absolute atomic E-state index is 5.22. The molecule has 17 heavy (non-hydrogen) atoms. The average Bonchev–Trinajstić information content (AvgIpc) is 2.62. The number of thiophene rings is 1. The molecule has 0 aliphatic heterocycles. The first-order valence-corrected chi connectivity index (χ1v) is 7.30. The summed E-state index contributed by atoms with van der Waals surface area (Å²) >= 11 is 10.3. The molecule has 0 radical (unpaired) electrons. The highest BCUT2D eigenvalue weighted by Crippen LogP contribution is 2.29. The van der Waals surface area contributed by atoms with Crippen molar-refractivity contribution in [1.29, 1.82) is 0 Å². The Morgan fingerprint density at radius 3 is 2.59 bits per heavy atom. The number of nitrogens with one attached hydrogen (secondary N) is 1. The zero-order valence-electron chi connectivity index (χ0n) is 9.87. The molecule has 0 spiro atoms. The average molecular weight is 329 g/mol. The molecule has 1 N–H and O–H groups in total. The van der Waals surface area contributed by atoms with Crippen molar-refractivity contribution < 1.29 is 0 Å². The summed E-state index contributed by atoms with van der Waals surface area (Å²) < 4.78 is 1.70. The maximum atomic E-state index is 5.22. The maximum Gasteiger partial charge on any atom is 0.149 e. The lowest BCUT2D eigenvalue weighted by atomic mass is 9.92. The number of H-pyrrole nitrogens is 1. The van der Waals surface area contributed by atoms with Gasteiger partial charge in [-0.05, 0) is 28.1 Å². The highest BCUT2D eigenvalue weighted by atomic mass is 79.9. The number of rotatable bonds is 1.